The van der Waals surface area contributed by atoms with Crippen LogP contribution in [0.25, 0.3) is 11.4 Å². The summed E-state index contributed by atoms with van der Waals surface area (Å²) in [6.07, 6.45) is 4.90. The molecule has 2 heterocycles. The molecule has 1 fully saturated rings. The molecule has 0 saturated carbocycles. The maximum atomic E-state index is 13.2. The highest BCUT2D eigenvalue weighted by Gasteiger charge is 2.30. The highest BCUT2D eigenvalue weighted by Crippen LogP contribution is 2.33. The Kier molecular flexibility index (Phi) is 6.83. The molecule has 1 aromatic heterocycles. The SMILES string of the molecule is COc1ccc2c(c1)CCCC2NC(=O)C1CCCN(Cc2nc(-c3ccccc3Cl)no2)C1. The van der Waals surface area contributed by atoms with E-state index in [1.165, 1.54) is 11.1 Å². The molecule has 178 valence electrons. The summed E-state index contributed by atoms with van der Waals surface area (Å²) >= 11 is 6.26. The van der Waals surface area contributed by atoms with E-state index < -0.39 is 0 Å². The third-order valence-corrected chi connectivity index (χ3v) is 7.13. The number of rotatable bonds is 6. The molecule has 2 aliphatic rings. The molecule has 1 aliphatic heterocycles. The normalized spacial score (nSPS) is 20.5. The zero-order valence-electron chi connectivity index (χ0n) is 19.3. The summed E-state index contributed by atoms with van der Waals surface area (Å²) in [5.41, 5.74) is 3.23. The van der Waals surface area contributed by atoms with E-state index in [4.69, 9.17) is 20.9 Å². The Hall–Kier alpha value is -2.90. The number of ether oxygens (including phenoxy) is 1. The lowest BCUT2D eigenvalue weighted by atomic mass is 9.86. The average Bonchev–Trinajstić information content (AvgIpc) is 3.32. The Bertz CT molecular complexity index is 1160. The van der Waals surface area contributed by atoms with Crippen molar-refractivity contribution in [2.75, 3.05) is 20.2 Å². The Labute approximate surface area is 204 Å². The second-order valence-electron chi connectivity index (χ2n) is 9.08. The number of carbonyl (C=O) groups excluding carboxylic acids is 1. The minimum atomic E-state index is -0.0525. The summed E-state index contributed by atoms with van der Waals surface area (Å²) in [6.45, 7) is 2.10. The number of hydrogen-bond acceptors (Lipinski definition) is 6. The zero-order chi connectivity index (χ0) is 23.5. The quantitative estimate of drug-likeness (QED) is 0.545. The first kappa shape index (κ1) is 22.9. The van der Waals surface area contributed by atoms with Crippen LogP contribution in [0.4, 0.5) is 0 Å². The van der Waals surface area contributed by atoms with E-state index in [2.05, 4.69) is 32.5 Å². The standard InChI is InChI=1S/C26H29ClN4O3/c1-33-19-11-12-20-17(14-19)6-4-10-23(20)28-26(32)18-7-5-13-31(15-18)16-24-29-25(30-34-24)21-8-2-3-9-22(21)27/h2-3,8-9,11-12,14,18,23H,4-7,10,13,15-16H2,1H3,(H,28,32). The first-order valence-electron chi connectivity index (χ1n) is 11.9. The number of carbonyl (C=O) groups is 1. The van der Waals surface area contributed by atoms with Crippen LogP contribution in [0.1, 0.15) is 48.7 Å². The monoisotopic (exact) mass is 480 g/mol. The van der Waals surface area contributed by atoms with Gasteiger partial charge in [-0.3, -0.25) is 9.69 Å². The van der Waals surface area contributed by atoms with E-state index in [0.717, 1.165) is 50.0 Å². The van der Waals surface area contributed by atoms with Crippen LogP contribution >= 0.6 is 11.6 Å². The first-order chi connectivity index (χ1) is 16.6. The van der Waals surface area contributed by atoms with Crippen molar-refractivity contribution in [2.45, 2.75) is 44.7 Å². The predicted molar refractivity (Wildman–Crippen MR) is 130 cm³/mol. The van der Waals surface area contributed by atoms with Gasteiger partial charge in [-0.1, -0.05) is 35.0 Å². The lowest BCUT2D eigenvalue weighted by Gasteiger charge is -2.33. The average molecular weight is 481 g/mol. The van der Waals surface area contributed by atoms with Crippen LogP contribution < -0.4 is 10.1 Å². The van der Waals surface area contributed by atoms with Gasteiger partial charge in [-0.15, -0.1) is 0 Å². The number of aryl methyl sites for hydroxylation is 1. The fourth-order valence-electron chi connectivity index (χ4n) is 5.03. The van der Waals surface area contributed by atoms with Crippen LogP contribution in [-0.2, 0) is 17.8 Å². The molecule has 0 bridgehead atoms. The van der Waals surface area contributed by atoms with E-state index in [0.29, 0.717) is 29.8 Å². The Balaban J connectivity index is 1.21. The number of likely N-dealkylation sites (tertiary alicyclic amines) is 1. The van der Waals surface area contributed by atoms with Crippen LogP contribution in [-0.4, -0.2) is 41.1 Å². The van der Waals surface area contributed by atoms with E-state index in [1.807, 2.05) is 30.3 Å². The van der Waals surface area contributed by atoms with E-state index >= 15 is 0 Å². The molecule has 3 aromatic rings. The molecule has 0 spiro atoms. The number of halogens is 1. The second-order valence-corrected chi connectivity index (χ2v) is 9.49. The highest BCUT2D eigenvalue weighted by atomic mass is 35.5. The molecule has 1 saturated heterocycles. The smallest absolute Gasteiger partial charge is 0.241 e. The summed E-state index contributed by atoms with van der Waals surface area (Å²) in [5, 5.41) is 8.01. The topological polar surface area (TPSA) is 80.5 Å². The molecule has 8 heteroatoms. The van der Waals surface area contributed by atoms with Gasteiger partial charge < -0.3 is 14.6 Å². The van der Waals surface area contributed by atoms with Gasteiger partial charge in [0.05, 0.1) is 30.6 Å². The third-order valence-electron chi connectivity index (χ3n) is 6.80. The number of aromatic nitrogens is 2. The largest absolute Gasteiger partial charge is 0.497 e. The van der Waals surface area contributed by atoms with Crippen LogP contribution in [0, 0.1) is 5.92 Å². The van der Waals surface area contributed by atoms with Crippen molar-refractivity contribution in [3.8, 4) is 17.1 Å². The molecule has 2 atom stereocenters. The molecule has 34 heavy (non-hydrogen) atoms. The number of amides is 1. The molecular formula is C26H29ClN4O3. The van der Waals surface area contributed by atoms with Gasteiger partial charge in [0.15, 0.2) is 0 Å². The molecule has 1 N–H and O–H groups in total. The maximum absolute atomic E-state index is 13.2. The maximum Gasteiger partial charge on any atom is 0.241 e. The fraction of sp³-hybridized carbons (Fsp3) is 0.423. The number of piperidine rings is 1. The van der Waals surface area contributed by atoms with Gasteiger partial charge >= 0.3 is 0 Å². The number of benzene rings is 2. The predicted octanol–water partition coefficient (Wildman–Crippen LogP) is 4.80. The van der Waals surface area contributed by atoms with Crippen LogP contribution in [0.5, 0.6) is 5.75 Å². The zero-order valence-corrected chi connectivity index (χ0v) is 20.1. The lowest BCUT2D eigenvalue weighted by Crippen LogP contribution is -2.44. The minimum Gasteiger partial charge on any atom is -0.497 e. The van der Waals surface area contributed by atoms with Gasteiger partial charge in [0.2, 0.25) is 17.6 Å². The molecule has 1 aliphatic carbocycles. The minimum absolute atomic E-state index is 0.0525. The lowest BCUT2D eigenvalue weighted by molar-refractivity contribution is -0.127. The summed E-state index contributed by atoms with van der Waals surface area (Å²) in [6, 6.07) is 13.7. The van der Waals surface area contributed by atoms with E-state index in [9.17, 15) is 4.79 Å². The van der Waals surface area contributed by atoms with Crippen LogP contribution in [0.15, 0.2) is 47.0 Å². The fourth-order valence-corrected chi connectivity index (χ4v) is 5.25. The second kappa shape index (κ2) is 10.2. The van der Waals surface area contributed by atoms with Gasteiger partial charge in [0.25, 0.3) is 0 Å². The highest BCUT2D eigenvalue weighted by molar-refractivity contribution is 6.33. The molecule has 0 radical (unpaired) electrons. The number of fused-ring (bicyclic) bond motifs is 1. The van der Waals surface area contributed by atoms with Gasteiger partial charge in [-0.25, -0.2) is 0 Å². The van der Waals surface area contributed by atoms with Gasteiger partial charge in [0, 0.05) is 12.1 Å². The van der Waals surface area contributed by atoms with Gasteiger partial charge in [0.1, 0.15) is 5.75 Å². The number of nitrogens with zero attached hydrogens (tertiary/aromatic N) is 3. The first-order valence-corrected chi connectivity index (χ1v) is 12.3. The van der Waals surface area contributed by atoms with Gasteiger partial charge in [-0.2, -0.15) is 4.98 Å². The van der Waals surface area contributed by atoms with Crippen molar-refractivity contribution < 1.29 is 14.1 Å². The van der Waals surface area contributed by atoms with Crippen LogP contribution in [0.3, 0.4) is 0 Å². The molecular weight excluding hydrogens is 452 g/mol. The Morgan fingerprint density at radius 1 is 1.24 bits per heavy atom. The van der Waals surface area contributed by atoms with Crippen molar-refractivity contribution in [2.24, 2.45) is 5.92 Å². The summed E-state index contributed by atoms with van der Waals surface area (Å²) in [5.74, 6) is 1.96. The van der Waals surface area contributed by atoms with Gasteiger partial charge in [-0.05, 0) is 74.0 Å². The molecule has 7 nitrogen and oxygen atoms in total. The summed E-state index contributed by atoms with van der Waals surface area (Å²) < 4.78 is 10.8. The molecule has 2 unspecified atom stereocenters. The van der Waals surface area contributed by atoms with Crippen molar-refractivity contribution in [1.29, 1.82) is 0 Å². The summed E-state index contributed by atoms with van der Waals surface area (Å²) in [7, 11) is 1.69. The van der Waals surface area contributed by atoms with E-state index in [-0.39, 0.29) is 17.9 Å². The number of hydrogen-bond donors (Lipinski definition) is 1. The molecule has 2 aromatic carbocycles. The molecule has 5 rings (SSSR count). The Morgan fingerprint density at radius 3 is 2.97 bits per heavy atom. The van der Waals surface area contributed by atoms with Crippen molar-refractivity contribution >= 4 is 17.5 Å². The number of methoxy groups -OCH3 is 1. The number of nitrogens with one attached hydrogen (secondary N) is 1. The molecule has 1 amide bonds. The van der Waals surface area contributed by atoms with Crippen molar-refractivity contribution in [3.05, 3.63) is 64.5 Å². The van der Waals surface area contributed by atoms with Crippen molar-refractivity contribution in [1.82, 2.24) is 20.4 Å². The van der Waals surface area contributed by atoms with Crippen LogP contribution in [0.2, 0.25) is 5.02 Å². The van der Waals surface area contributed by atoms with E-state index in [1.54, 1.807) is 7.11 Å². The summed E-state index contributed by atoms with van der Waals surface area (Å²) in [4.78, 5) is 19.9. The Morgan fingerprint density at radius 2 is 2.12 bits per heavy atom. The van der Waals surface area contributed by atoms with Crippen molar-refractivity contribution in [3.63, 3.8) is 0 Å². The third kappa shape index (κ3) is 4.95.